The number of benzene rings is 1. The van der Waals surface area contributed by atoms with Crippen LogP contribution in [0.5, 0.6) is 0 Å². The Morgan fingerprint density at radius 3 is 2.57 bits per heavy atom. The van der Waals surface area contributed by atoms with Crippen LogP contribution >= 0.6 is 11.3 Å². The third-order valence-corrected chi connectivity index (χ3v) is 4.67. The number of amides is 1. The number of aryl methyl sites for hydroxylation is 1. The van der Waals surface area contributed by atoms with Gasteiger partial charge >= 0.3 is 0 Å². The highest BCUT2D eigenvalue weighted by atomic mass is 32.2. The van der Waals surface area contributed by atoms with Crippen LogP contribution in [0.1, 0.15) is 20.8 Å². The van der Waals surface area contributed by atoms with Crippen molar-refractivity contribution in [3.8, 4) is 0 Å². The summed E-state index contributed by atoms with van der Waals surface area (Å²) in [6, 6.07) is 10.6. The van der Waals surface area contributed by atoms with Crippen molar-refractivity contribution in [3.05, 3.63) is 57.8 Å². The molecular formula is C14H14N2O3S2. The molecule has 2 aromatic rings. The van der Waals surface area contributed by atoms with Crippen molar-refractivity contribution in [2.75, 3.05) is 4.72 Å². The molecule has 5 nitrogen and oxygen atoms in total. The predicted octanol–water partition coefficient (Wildman–Crippen LogP) is 2.57. The quantitative estimate of drug-likeness (QED) is 0.886. The highest BCUT2D eigenvalue weighted by Gasteiger charge is 2.16. The van der Waals surface area contributed by atoms with Crippen LogP contribution in [-0.2, 0) is 10.0 Å². The maximum absolute atomic E-state index is 12.0. The van der Waals surface area contributed by atoms with E-state index < -0.39 is 15.9 Å². The first kappa shape index (κ1) is 15.3. The monoisotopic (exact) mass is 322 g/mol. The number of hydrogen-bond acceptors (Lipinski definition) is 4. The van der Waals surface area contributed by atoms with Crippen LogP contribution < -0.4 is 10.5 Å². The molecule has 21 heavy (non-hydrogen) atoms. The van der Waals surface area contributed by atoms with E-state index in [4.69, 9.17) is 5.73 Å². The van der Waals surface area contributed by atoms with Crippen molar-refractivity contribution in [1.29, 1.82) is 0 Å². The minimum Gasteiger partial charge on any atom is -0.366 e. The zero-order chi connectivity index (χ0) is 15.5. The molecule has 0 saturated heterocycles. The molecule has 110 valence electrons. The molecule has 0 aliphatic rings. The van der Waals surface area contributed by atoms with Crippen molar-refractivity contribution in [2.24, 2.45) is 5.73 Å². The lowest BCUT2D eigenvalue weighted by molar-refractivity contribution is 0.100. The van der Waals surface area contributed by atoms with Gasteiger partial charge in [0.25, 0.3) is 15.9 Å². The van der Waals surface area contributed by atoms with E-state index in [2.05, 4.69) is 4.72 Å². The number of nitrogens with two attached hydrogens (primary N) is 1. The van der Waals surface area contributed by atoms with Crippen LogP contribution in [-0.4, -0.2) is 14.3 Å². The van der Waals surface area contributed by atoms with Gasteiger partial charge in [0.2, 0.25) is 0 Å². The van der Waals surface area contributed by atoms with Gasteiger partial charge in [-0.2, -0.15) is 0 Å². The summed E-state index contributed by atoms with van der Waals surface area (Å²) in [6.07, 6.45) is 1.48. The number of hydrogen-bond donors (Lipinski definition) is 2. The Kier molecular flexibility index (Phi) is 4.44. The summed E-state index contributed by atoms with van der Waals surface area (Å²) in [5, 5.41) is 1.29. The fraction of sp³-hybridized carbons (Fsp3) is 0.0714. The number of primary amides is 1. The first-order chi connectivity index (χ1) is 9.87. The van der Waals surface area contributed by atoms with Crippen molar-refractivity contribution in [3.63, 3.8) is 0 Å². The summed E-state index contributed by atoms with van der Waals surface area (Å²) in [5.41, 5.74) is 6.17. The summed E-state index contributed by atoms with van der Waals surface area (Å²) >= 11 is 1.17. The van der Waals surface area contributed by atoms with Crippen LogP contribution in [0.2, 0.25) is 0 Å². The van der Waals surface area contributed by atoms with E-state index in [1.54, 1.807) is 25.1 Å². The predicted molar refractivity (Wildman–Crippen MR) is 85.6 cm³/mol. The molecule has 7 heteroatoms. The zero-order valence-corrected chi connectivity index (χ0v) is 12.9. The van der Waals surface area contributed by atoms with Crippen molar-refractivity contribution >= 4 is 38.3 Å². The SMILES string of the molecule is Cc1cc(C(N)=O)c(NS(=O)(=O)C=Cc2ccccc2)s1. The number of anilines is 1. The molecule has 1 heterocycles. The normalized spacial score (nSPS) is 11.7. The maximum Gasteiger partial charge on any atom is 0.255 e. The van der Waals surface area contributed by atoms with Crippen LogP contribution in [0.3, 0.4) is 0 Å². The molecule has 0 unspecified atom stereocenters. The van der Waals surface area contributed by atoms with Crippen molar-refractivity contribution < 1.29 is 13.2 Å². The van der Waals surface area contributed by atoms with Gasteiger partial charge < -0.3 is 5.73 Å². The number of rotatable bonds is 5. The second-order valence-electron chi connectivity index (χ2n) is 4.32. The van der Waals surface area contributed by atoms with E-state index in [0.717, 1.165) is 15.8 Å². The van der Waals surface area contributed by atoms with Gasteiger partial charge in [0.1, 0.15) is 5.00 Å². The van der Waals surface area contributed by atoms with E-state index in [1.807, 2.05) is 18.2 Å². The van der Waals surface area contributed by atoms with E-state index in [9.17, 15) is 13.2 Å². The average Bonchev–Trinajstić information content (AvgIpc) is 2.78. The molecule has 0 radical (unpaired) electrons. The lowest BCUT2D eigenvalue weighted by Gasteiger charge is -2.03. The standard InChI is InChI=1S/C14H14N2O3S2/c1-10-9-12(13(15)17)14(20-10)16-21(18,19)8-7-11-5-3-2-4-6-11/h2-9,16H,1H3,(H2,15,17). The summed E-state index contributed by atoms with van der Waals surface area (Å²) in [7, 11) is -3.70. The second-order valence-corrected chi connectivity index (χ2v) is 7.15. The summed E-state index contributed by atoms with van der Waals surface area (Å²) in [5.74, 6) is -0.663. The molecule has 1 aromatic heterocycles. The Morgan fingerprint density at radius 1 is 1.29 bits per heavy atom. The highest BCUT2D eigenvalue weighted by Crippen LogP contribution is 2.28. The van der Waals surface area contributed by atoms with Crippen molar-refractivity contribution in [2.45, 2.75) is 6.92 Å². The van der Waals surface area contributed by atoms with Gasteiger partial charge in [-0.3, -0.25) is 9.52 Å². The smallest absolute Gasteiger partial charge is 0.255 e. The Hall–Kier alpha value is -2.12. The number of sulfonamides is 1. The molecule has 0 fully saturated rings. The fourth-order valence-corrected chi connectivity index (χ4v) is 3.72. The molecule has 3 N–H and O–H groups in total. The number of thiophene rings is 1. The minimum absolute atomic E-state index is 0.175. The van der Waals surface area contributed by atoms with Gasteiger partial charge in [0, 0.05) is 4.88 Å². The molecule has 0 bridgehead atoms. The first-order valence-corrected chi connectivity index (χ1v) is 8.40. The maximum atomic E-state index is 12.0. The Labute approximate surface area is 127 Å². The summed E-state index contributed by atoms with van der Waals surface area (Å²) in [4.78, 5) is 12.1. The highest BCUT2D eigenvalue weighted by molar-refractivity contribution is 7.95. The Balaban J connectivity index is 2.22. The Morgan fingerprint density at radius 2 is 1.95 bits per heavy atom. The molecule has 0 atom stereocenters. The zero-order valence-electron chi connectivity index (χ0n) is 11.2. The first-order valence-electron chi connectivity index (χ1n) is 6.03. The molecule has 2 rings (SSSR count). The second kappa shape index (κ2) is 6.11. The largest absolute Gasteiger partial charge is 0.366 e. The molecule has 1 aromatic carbocycles. The van der Waals surface area contributed by atoms with Crippen LogP contribution in [0, 0.1) is 6.92 Å². The van der Waals surface area contributed by atoms with Gasteiger partial charge in [-0.05, 0) is 24.6 Å². The van der Waals surface area contributed by atoms with Gasteiger partial charge in [-0.25, -0.2) is 8.42 Å². The molecule has 0 saturated carbocycles. The van der Waals surface area contributed by atoms with Crippen molar-refractivity contribution in [1.82, 2.24) is 0 Å². The molecule has 0 aliphatic carbocycles. The number of carbonyl (C=O) groups excluding carboxylic acids is 1. The topological polar surface area (TPSA) is 89.3 Å². The lowest BCUT2D eigenvalue weighted by atomic mass is 10.2. The van der Waals surface area contributed by atoms with Gasteiger partial charge in [0.15, 0.2) is 0 Å². The molecular weight excluding hydrogens is 308 g/mol. The minimum atomic E-state index is -3.70. The van der Waals surface area contributed by atoms with E-state index >= 15 is 0 Å². The van der Waals surface area contributed by atoms with E-state index in [0.29, 0.717) is 0 Å². The molecule has 1 amide bonds. The van der Waals surface area contributed by atoms with E-state index in [-0.39, 0.29) is 10.6 Å². The van der Waals surface area contributed by atoms with Gasteiger partial charge in [-0.1, -0.05) is 30.3 Å². The third-order valence-electron chi connectivity index (χ3n) is 2.59. The number of carbonyl (C=O) groups is 1. The van der Waals surface area contributed by atoms with E-state index in [1.165, 1.54) is 17.4 Å². The van der Waals surface area contributed by atoms with Gasteiger partial charge in [-0.15, -0.1) is 11.3 Å². The van der Waals surface area contributed by atoms with Crippen LogP contribution in [0.4, 0.5) is 5.00 Å². The Bertz CT molecular complexity index is 778. The summed E-state index contributed by atoms with van der Waals surface area (Å²) < 4.78 is 26.4. The average molecular weight is 322 g/mol. The fourth-order valence-electron chi connectivity index (χ4n) is 1.67. The summed E-state index contributed by atoms with van der Waals surface area (Å²) in [6.45, 7) is 1.77. The third kappa shape index (κ3) is 4.17. The van der Waals surface area contributed by atoms with Gasteiger partial charge in [0.05, 0.1) is 11.0 Å². The number of nitrogens with one attached hydrogen (secondary N) is 1. The van der Waals surface area contributed by atoms with Crippen LogP contribution in [0.25, 0.3) is 6.08 Å². The molecule has 0 aliphatic heterocycles. The van der Waals surface area contributed by atoms with Crippen LogP contribution in [0.15, 0.2) is 41.8 Å². The molecule has 0 spiro atoms. The lowest BCUT2D eigenvalue weighted by Crippen LogP contribution is -2.15.